The van der Waals surface area contributed by atoms with Gasteiger partial charge in [-0.15, -0.1) is 0 Å². The Kier molecular flexibility index (Phi) is 2.60. The van der Waals surface area contributed by atoms with E-state index in [1.807, 2.05) is 6.07 Å². The number of rotatable bonds is 3. The van der Waals surface area contributed by atoms with Crippen molar-refractivity contribution < 1.29 is 0 Å². The predicted octanol–water partition coefficient (Wildman–Crippen LogP) is 2.76. The molecular weight excluding hydrogens is 220 g/mol. The predicted molar refractivity (Wildman–Crippen MR) is 67.4 cm³/mol. The van der Waals surface area contributed by atoms with Gasteiger partial charge < -0.3 is 5.32 Å². The molecule has 0 aromatic heterocycles. The van der Waals surface area contributed by atoms with Crippen molar-refractivity contribution in [1.82, 2.24) is 5.32 Å². The van der Waals surface area contributed by atoms with Crippen LogP contribution in [0.25, 0.3) is 0 Å². The second-order valence-corrected chi connectivity index (χ2v) is 4.99. The molecule has 3 heteroatoms. The highest BCUT2D eigenvalue weighted by Gasteiger charge is 2.26. The van der Waals surface area contributed by atoms with Crippen molar-refractivity contribution >= 4 is 17.4 Å². The molecule has 0 radical (unpaired) electrons. The average molecular weight is 235 g/mol. The molecule has 2 nitrogen and oxygen atoms in total. The number of amidine groups is 1. The van der Waals surface area contributed by atoms with Gasteiger partial charge in [0.25, 0.3) is 0 Å². The minimum absolute atomic E-state index is 0.746. The van der Waals surface area contributed by atoms with Crippen LogP contribution in [0.4, 0.5) is 0 Å². The third-order valence-corrected chi connectivity index (χ3v) is 3.46. The van der Waals surface area contributed by atoms with Gasteiger partial charge in [-0.05, 0) is 42.0 Å². The Morgan fingerprint density at radius 2 is 2.25 bits per heavy atom. The normalized spacial score (nSPS) is 19.4. The summed E-state index contributed by atoms with van der Waals surface area (Å²) < 4.78 is 0. The van der Waals surface area contributed by atoms with Crippen LogP contribution in [-0.4, -0.2) is 18.9 Å². The van der Waals surface area contributed by atoms with Gasteiger partial charge in [0.05, 0.1) is 6.54 Å². The first-order valence-corrected chi connectivity index (χ1v) is 6.26. The van der Waals surface area contributed by atoms with Crippen LogP contribution in [0.2, 0.25) is 5.02 Å². The average Bonchev–Trinajstić information content (AvgIpc) is 3.00. The maximum atomic E-state index is 6.06. The molecule has 0 spiro atoms. The van der Waals surface area contributed by atoms with E-state index in [0.717, 1.165) is 36.3 Å². The van der Waals surface area contributed by atoms with Gasteiger partial charge in [0.1, 0.15) is 5.84 Å². The van der Waals surface area contributed by atoms with Crippen molar-refractivity contribution in [1.29, 1.82) is 0 Å². The Labute approximate surface area is 101 Å². The summed E-state index contributed by atoms with van der Waals surface area (Å²) in [5, 5.41) is 4.18. The number of nitrogens with zero attached hydrogens (tertiary/aromatic N) is 1. The zero-order chi connectivity index (χ0) is 11.0. The number of nitrogens with one attached hydrogen (secondary N) is 1. The number of halogens is 1. The van der Waals surface area contributed by atoms with Crippen molar-refractivity contribution in [3.63, 3.8) is 0 Å². The van der Waals surface area contributed by atoms with Crippen LogP contribution >= 0.6 is 11.6 Å². The van der Waals surface area contributed by atoms with E-state index in [-0.39, 0.29) is 0 Å². The van der Waals surface area contributed by atoms with Gasteiger partial charge in [0, 0.05) is 18.0 Å². The molecule has 1 fully saturated rings. The number of hydrogen-bond acceptors (Lipinski definition) is 2. The first kappa shape index (κ1) is 10.2. The Balaban J connectivity index is 1.87. The number of benzene rings is 1. The van der Waals surface area contributed by atoms with E-state index in [0.29, 0.717) is 0 Å². The largest absolute Gasteiger partial charge is 0.372 e. The molecule has 1 aliphatic carbocycles. The van der Waals surface area contributed by atoms with E-state index in [1.165, 1.54) is 24.0 Å². The fourth-order valence-electron chi connectivity index (χ4n) is 2.25. The van der Waals surface area contributed by atoms with Crippen LogP contribution < -0.4 is 5.32 Å². The van der Waals surface area contributed by atoms with Crippen LogP contribution in [0.3, 0.4) is 0 Å². The van der Waals surface area contributed by atoms with E-state index in [9.17, 15) is 0 Å². The van der Waals surface area contributed by atoms with Crippen LogP contribution in [-0.2, 0) is 6.42 Å². The summed E-state index contributed by atoms with van der Waals surface area (Å²) in [6.07, 6.45) is 3.56. The molecule has 1 saturated carbocycles. The second-order valence-electron chi connectivity index (χ2n) is 4.55. The monoisotopic (exact) mass is 234 g/mol. The molecule has 2 aliphatic rings. The lowest BCUT2D eigenvalue weighted by molar-refractivity contribution is 0.951. The van der Waals surface area contributed by atoms with E-state index in [4.69, 9.17) is 11.6 Å². The number of hydrogen-bond donors (Lipinski definition) is 1. The van der Waals surface area contributed by atoms with Crippen molar-refractivity contribution in [2.24, 2.45) is 4.99 Å². The summed E-state index contributed by atoms with van der Waals surface area (Å²) in [5.41, 5.74) is 2.82. The minimum atomic E-state index is 0.746. The maximum Gasteiger partial charge on any atom is 0.101 e. The second kappa shape index (κ2) is 4.10. The first-order valence-electron chi connectivity index (χ1n) is 5.88. The van der Waals surface area contributed by atoms with Gasteiger partial charge in [-0.2, -0.15) is 0 Å². The van der Waals surface area contributed by atoms with Crippen molar-refractivity contribution in [3.05, 3.63) is 34.3 Å². The molecule has 1 heterocycles. The SMILES string of the molecule is Clc1ccc(CC2=NCCN2)c(C2CC2)c1. The lowest BCUT2D eigenvalue weighted by Gasteiger charge is -2.09. The molecule has 16 heavy (non-hydrogen) atoms. The highest BCUT2D eigenvalue weighted by Crippen LogP contribution is 2.42. The van der Waals surface area contributed by atoms with Crippen molar-refractivity contribution in [2.45, 2.75) is 25.2 Å². The van der Waals surface area contributed by atoms with E-state index in [1.54, 1.807) is 0 Å². The van der Waals surface area contributed by atoms with Gasteiger partial charge >= 0.3 is 0 Å². The van der Waals surface area contributed by atoms with Crippen LogP contribution in [0.15, 0.2) is 23.2 Å². The summed E-state index contributed by atoms with van der Waals surface area (Å²) in [7, 11) is 0. The van der Waals surface area contributed by atoms with Gasteiger partial charge in [0.15, 0.2) is 0 Å². The lowest BCUT2D eigenvalue weighted by atomic mass is 10.0. The number of aliphatic imine (C=N–C) groups is 1. The lowest BCUT2D eigenvalue weighted by Crippen LogP contribution is -2.21. The highest BCUT2D eigenvalue weighted by atomic mass is 35.5. The Hall–Kier alpha value is -1.02. The molecule has 1 N–H and O–H groups in total. The summed E-state index contributed by atoms with van der Waals surface area (Å²) in [4.78, 5) is 4.45. The summed E-state index contributed by atoms with van der Waals surface area (Å²) >= 11 is 6.06. The third-order valence-electron chi connectivity index (χ3n) is 3.23. The Bertz CT molecular complexity index is 436. The topological polar surface area (TPSA) is 24.4 Å². The molecule has 1 aliphatic heterocycles. The quantitative estimate of drug-likeness (QED) is 0.855. The van der Waals surface area contributed by atoms with Crippen LogP contribution in [0.5, 0.6) is 0 Å². The zero-order valence-electron chi connectivity index (χ0n) is 9.17. The molecule has 0 atom stereocenters. The van der Waals surface area contributed by atoms with E-state index < -0.39 is 0 Å². The first-order chi connectivity index (χ1) is 7.83. The fraction of sp³-hybridized carbons (Fsp3) is 0.462. The standard InChI is InChI=1S/C13H15ClN2/c14-11-4-3-10(7-13-15-5-6-16-13)12(8-11)9-1-2-9/h3-4,8-9H,1-2,5-7H2,(H,15,16). The molecule has 0 bridgehead atoms. The molecule has 0 unspecified atom stereocenters. The molecule has 0 saturated heterocycles. The summed E-state index contributed by atoms with van der Waals surface area (Å²) in [5.74, 6) is 1.87. The molecule has 3 rings (SSSR count). The van der Waals surface area contributed by atoms with Crippen molar-refractivity contribution in [3.8, 4) is 0 Å². The van der Waals surface area contributed by atoms with Gasteiger partial charge in [-0.25, -0.2) is 0 Å². The van der Waals surface area contributed by atoms with E-state index in [2.05, 4.69) is 22.4 Å². The minimum Gasteiger partial charge on any atom is -0.372 e. The third kappa shape index (κ3) is 2.07. The van der Waals surface area contributed by atoms with Gasteiger partial charge in [-0.3, -0.25) is 4.99 Å². The van der Waals surface area contributed by atoms with Crippen LogP contribution in [0.1, 0.15) is 29.9 Å². The Morgan fingerprint density at radius 3 is 2.94 bits per heavy atom. The van der Waals surface area contributed by atoms with E-state index >= 15 is 0 Å². The molecule has 1 aromatic carbocycles. The molecule has 0 amide bonds. The fourth-order valence-corrected chi connectivity index (χ4v) is 2.43. The molecule has 1 aromatic rings. The molecule has 84 valence electrons. The zero-order valence-corrected chi connectivity index (χ0v) is 9.93. The summed E-state index contributed by atoms with van der Waals surface area (Å²) in [6, 6.07) is 6.26. The van der Waals surface area contributed by atoms with Gasteiger partial charge in [-0.1, -0.05) is 17.7 Å². The van der Waals surface area contributed by atoms with Gasteiger partial charge in [0.2, 0.25) is 0 Å². The Morgan fingerprint density at radius 1 is 1.38 bits per heavy atom. The van der Waals surface area contributed by atoms with Crippen LogP contribution in [0, 0.1) is 0 Å². The summed E-state index contributed by atoms with van der Waals surface area (Å²) in [6.45, 7) is 1.91. The molecular formula is C13H15ClN2. The highest BCUT2D eigenvalue weighted by molar-refractivity contribution is 6.30. The smallest absolute Gasteiger partial charge is 0.101 e. The maximum absolute atomic E-state index is 6.06. The van der Waals surface area contributed by atoms with Crippen molar-refractivity contribution in [2.75, 3.05) is 13.1 Å².